The van der Waals surface area contributed by atoms with Gasteiger partial charge >= 0.3 is 0 Å². The molecule has 2 rings (SSSR count). The third-order valence-electron chi connectivity index (χ3n) is 3.26. The lowest BCUT2D eigenvalue weighted by Crippen LogP contribution is -2.24. The molecule has 0 amide bonds. The summed E-state index contributed by atoms with van der Waals surface area (Å²) in [5.74, 6) is 1.66. The molecule has 2 unspecified atom stereocenters. The summed E-state index contributed by atoms with van der Waals surface area (Å²) in [5, 5.41) is 0. The van der Waals surface area contributed by atoms with Crippen molar-refractivity contribution in [1.82, 2.24) is 4.98 Å². The van der Waals surface area contributed by atoms with Crippen LogP contribution in [0.1, 0.15) is 18.9 Å². The predicted molar refractivity (Wildman–Crippen MR) is 70.7 cm³/mol. The van der Waals surface area contributed by atoms with E-state index in [-0.39, 0.29) is 0 Å². The van der Waals surface area contributed by atoms with Crippen molar-refractivity contribution in [3.63, 3.8) is 0 Å². The maximum absolute atomic E-state index is 5.70. The Morgan fingerprint density at radius 2 is 2.38 bits per heavy atom. The molecular formula is C12H17N3S. The van der Waals surface area contributed by atoms with E-state index >= 15 is 0 Å². The number of pyridine rings is 1. The fourth-order valence-corrected chi connectivity index (χ4v) is 2.17. The molecule has 1 aromatic heterocycles. The number of hydrogen-bond donors (Lipinski definition) is 1. The summed E-state index contributed by atoms with van der Waals surface area (Å²) in [5.41, 5.74) is 7.66. The Balaban J connectivity index is 2.15. The van der Waals surface area contributed by atoms with Crippen molar-refractivity contribution >= 4 is 22.9 Å². The smallest absolute Gasteiger partial charge is 0.106 e. The zero-order valence-electron chi connectivity index (χ0n) is 9.68. The molecule has 1 heterocycles. The molecule has 4 heteroatoms. The fraction of sp³-hybridized carbons (Fsp3) is 0.500. The first kappa shape index (κ1) is 11.3. The lowest BCUT2D eigenvalue weighted by molar-refractivity contribution is 0.724. The van der Waals surface area contributed by atoms with Crippen molar-refractivity contribution in [3.05, 3.63) is 24.0 Å². The molecular weight excluding hydrogens is 218 g/mol. The van der Waals surface area contributed by atoms with Crippen molar-refractivity contribution in [1.29, 1.82) is 0 Å². The standard InChI is InChI=1S/C12H17N3S/c1-8-5-9(8)7-15(2)11-6-14-4-3-10(11)12(13)16/h3-4,6,8-9H,5,7H2,1-2H3,(H2,13,16). The quantitative estimate of drug-likeness (QED) is 0.808. The molecule has 0 aliphatic heterocycles. The average molecular weight is 235 g/mol. The van der Waals surface area contributed by atoms with Crippen LogP contribution < -0.4 is 10.6 Å². The van der Waals surface area contributed by atoms with E-state index in [0.29, 0.717) is 4.99 Å². The molecule has 1 fully saturated rings. The Labute approximate surface area is 102 Å². The topological polar surface area (TPSA) is 42.2 Å². The van der Waals surface area contributed by atoms with E-state index < -0.39 is 0 Å². The maximum atomic E-state index is 5.70. The van der Waals surface area contributed by atoms with Gasteiger partial charge in [0.25, 0.3) is 0 Å². The van der Waals surface area contributed by atoms with Crippen LogP contribution in [0.15, 0.2) is 18.5 Å². The highest BCUT2D eigenvalue weighted by atomic mass is 32.1. The summed E-state index contributed by atoms with van der Waals surface area (Å²) < 4.78 is 0. The highest BCUT2D eigenvalue weighted by molar-refractivity contribution is 7.80. The van der Waals surface area contributed by atoms with Gasteiger partial charge < -0.3 is 10.6 Å². The molecule has 1 saturated carbocycles. The first-order chi connectivity index (χ1) is 7.59. The Hall–Kier alpha value is -1.16. The van der Waals surface area contributed by atoms with Crippen LogP contribution in [0, 0.1) is 11.8 Å². The maximum Gasteiger partial charge on any atom is 0.106 e. The lowest BCUT2D eigenvalue weighted by atomic mass is 10.2. The molecule has 1 aliphatic carbocycles. The van der Waals surface area contributed by atoms with E-state index in [1.54, 1.807) is 6.20 Å². The Kier molecular flexibility index (Phi) is 3.10. The van der Waals surface area contributed by atoms with Crippen LogP contribution in [-0.4, -0.2) is 23.6 Å². The lowest BCUT2D eigenvalue weighted by Gasteiger charge is -2.21. The summed E-state index contributed by atoms with van der Waals surface area (Å²) in [6.45, 7) is 3.35. The van der Waals surface area contributed by atoms with Crippen LogP contribution in [0.3, 0.4) is 0 Å². The highest BCUT2D eigenvalue weighted by Gasteiger charge is 2.33. The number of anilines is 1. The van der Waals surface area contributed by atoms with E-state index in [1.165, 1.54) is 6.42 Å². The van der Waals surface area contributed by atoms with E-state index in [0.717, 1.165) is 29.6 Å². The van der Waals surface area contributed by atoms with Crippen molar-refractivity contribution in [3.8, 4) is 0 Å². The molecule has 2 atom stereocenters. The van der Waals surface area contributed by atoms with Crippen molar-refractivity contribution in [2.75, 3.05) is 18.5 Å². The van der Waals surface area contributed by atoms with E-state index in [1.807, 2.05) is 12.3 Å². The third-order valence-corrected chi connectivity index (χ3v) is 3.48. The van der Waals surface area contributed by atoms with Crippen LogP contribution in [0.5, 0.6) is 0 Å². The summed E-state index contributed by atoms with van der Waals surface area (Å²) in [6, 6.07) is 1.88. The second kappa shape index (κ2) is 4.37. The Bertz CT molecular complexity index is 405. The van der Waals surface area contributed by atoms with Gasteiger partial charge in [0, 0.05) is 25.4 Å². The van der Waals surface area contributed by atoms with Gasteiger partial charge in [-0.15, -0.1) is 0 Å². The van der Waals surface area contributed by atoms with Crippen LogP contribution in [0.2, 0.25) is 0 Å². The summed E-state index contributed by atoms with van der Waals surface area (Å²) in [7, 11) is 2.07. The van der Waals surface area contributed by atoms with Gasteiger partial charge in [0.1, 0.15) is 4.99 Å². The number of rotatable bonds is 4. The number of nitrogens with two attached hydrogens (primary N) is 1. The van der Waals surface area contributed by atoms with Crippen LogP contribution in [0.4, 0.5) is 5.69 Å². The SMILES string of the molecule is CC1CC1CN(C)c1cnccc1C(N)=S. The number of aromatic nitrogens is 1. The number of hydrogen-bond acceptors (Lipinski definition) is 3. The average Bonchev–Trinajstić information content (AvgIpc) is 2.94. The van der Waals surface area contributed by atoms with Gasteiger partial charge in [-0.2, -0.15) is 0 Å². The Morgan fingerprint density at radius 1 is 1.69 bits per heavy atom. The van der Waals surface area contributed by atoms with Gasteiger partial charge in [-0.3, -0.25) is 4.98 Å². The largest absolute Gasteiger partial charge is 0.389 e. The second-order valence-corrected chi connectivity index (χ2v) is 5.05. The molecule has 3 nitrogen and oxygen atoms in total. The highest BCUT2D eigenvalue weighted by Crippen LogP contribution is 2.38. The first-order valence-corrected chi connectivity index (χ1v) is 5.95. The minimum Gasteiger partial charge on any atom is -0.389 e. The molecule has 0 radical (unpaired) electrons. The molecule has 0 saturated heterocycles. The number of nitrogens with zero attached hydrogens (tertiary/aromatic N) is 2. The van der Waals surface area contributed by atoms with Crippen LogP contribution >= 0.6 is 12.2 Å². The fourth-order valence-electron chi connectivity index (χ4n) is 2.00. The van der Waals surface area contributed by atoms with Gasteiger partial charge in [-0.25, -0.2) is 0 Å². The molecule has 2 N–H and O–H groups in total. The molecule has 1 aliphatic rings. The zero-order chi connectivity index (χ0) is 11.7. The molecule has 86 valence electrons. The van der Waals surface area contributed by atoms with E-state index in [2.05, 4.69) is 23.9 Å². The molecule has 0 aromatic carbocycles. The monoisotopic (exact) mass is 235 g/mol. The van der Waals surface area contributed by atoms with Crippen LogP contribution in [0.25, 0.3) is 0 Å². The molecule has 16 heavy (non-hydrogen) atoms. The van der Waals surface area contributed by atoms with Crippen molar-refractivity contribution in [2.24, 2.45) is 17.6 Å². The normalized spacial score (nSPS) is 22.9. The Morgan fingerprint density at radius 3 is 2.94 bits per heavy atom. The minimum atomic E-state index is 0.438. The van der Waals surface area contributed by atoms with Gasteiger partial charge in [-0.05, 0) is 24.3 Å². The summed E-state index contributed by atoms with van der Waals surface area (Å²) >= 11 is 5.04. The van der Waals surface area contributed by atoms with Crippen molar-refractivity contribution in [2.45, 2.75) is 13.3 Å². The summed E-state index contributed by atoms with van der Waals surface area (Å²) in [6.07, 6.45) is 4.89. The molecule has 0 bridgehead atoms. The number of thiocarbonyl (C=S) groups is 1. The van der Waals surface area contributed by atoms with E-state index in [9.17, 15) is 0 Å². The third kappa shape index (κ3) is 2.32. The van der Waals surface area contributed by atoms with Gasteiger partial charge in [0.2, 0.25) is 0 Å². The first-order valence-electron chi connectivity index (χ1n) is 5.54. The summed E-state index contributed by atoms with van der Waals surface area (Å²) in [4.78, 5) is 6.78. The zero-order valence-corrected chi connectivity index (χ0v) is 10.5. The van der Waals surface area contributed by atoms with Gasteiger partial charge in [-0.1, -0.05) is 19.1 Å². The van der Waals surface area contributed by atoms with E-state index in [4.69, 9.17) is 18.0 Å². The van der Waals surface area contributed by atoms with Crippen LogP contribution in [-0.2, 0) is 0 Å². The predicted octanol–water partition coefficient (Wildman–Crippen LogP) is 1.81. The second-order valence-electron chi connectivity index (χ2n) is 4.61. The molecule has 0 spiro atoms. The van der Waals surface area contributed by atoms with Gasteiger partial charge in [0.15, 0.2) is 0 Å². The minimum absolute atomic E-state index is 0.438. The van der Waals surface area contributed by atoms with Gasteiger partial charge in [0.05, 0.1) is 11.9 Å². The van der Waals surface area contributed by atoms with Crippen molar-refractivity contribution < 1.29 is 0 Å². The molecule has 1 aromatic rings.